The summed E-state index contributed by atoms with van der Waals surface area (Å²) in [6.45, 7) is 1.82. The van der Waals surface area contributed by atoms with Gasteiger partial charge >= 0.3 is 0 Å². The molecule has 3 aromatic rings. The molecule has 2 aliphatic rings. The van der Waals surface area contributed by atoms with Gasteiger partial charge in [0.05, 0.1) is 62.5 Å². The van der Waals surface area contributed by atoms with Crippen molar-refractivity contribution in [2.24, 2.45) is 4.99 Å². The summed E-state index contributed by atoms with van der Waals surface area (Å²) in [7, 11) is 6.28. The molecule has 5 rings (SSSR count). The zero-order valence-electron chi connectivity index (χ0n) is 25.4. The molecule has 0 aromatic heterocycles. The molecule has 10 nitrogen and oxygen atoms in total. The van der Waals surface area contributed by atoms with Crippen LogP contribution in [0.3, 0.4) is 0 Å². The van der Waals surface area contributed by atoms with E-state index in [2.05, 4.69) is 27.6 Å². The maximum absolute atomic E-state index is 13.1. The maximum Gasteiger partial charge on any atom is 0.256 e. The van der Waals surface area contributed by atoms with Crippen molar-refractivity contribution in [2.75, 3.05) is 48.2 Å². The number of carbonyl (C=O) groups is 1. The highest BCUT2D eigenvalue weighted by Crippen LogP contribution is 2.43. The van der Waals surface area contributed by atoms with Crippen molar-refractivity contribution in [2.45, 2.75) is 38.1 Å². The molecular weight excluding hydrogens is 679 g/mol. The fourth-order valence-electron chi connectivity index (χ4n) is 5.27. The molecule has 2 heterocycles. The normalized spacial score (nSPS) is 15.2. The van der Waals surface area contributed by atoms with Gasteiger partial charge in [0, 0.05) is 37.0 Å². The molecular formula is C33H37IN2O8. The predicted octanol–water partition coefficient (Wildman–Crippen LogP) is 7.07. The summed E-state index contributed by atoms with van der Waals surface area (Å²) in [4.78, 5) is 19.6. The summed E-state index contributed by atoms with van der Waals surface area (Å²) in [5, 5.41) is 0. The second-order valence-electron chi connectivity index (χ2n) is 10.3. The molecule has 0 aliphatic carbocycles. The van der Waals surface area contributed by atoms with Gasteiger partial charge in [-0.3, -0.25) is 9.79 Å². The summed E-state index contributed by atoms with van der Waals surface area (Å²) in [5.74, 6) is 4.58. The van der Waals surface area contributed by atoms with E-state index in [9.17, 15) is 4.79 Å². The number of hydrogen-bond donors (Lipinski definition) is 0. The van der Waals surface area contributed by atoms with Crippen LogP contribution in [0.25, 0.3) is 0 Å². The first-order valence-electron chi connectivity index (χ1n) is 14.6. The lowest BCUT2D eigenvalue weighted by molar-refractivity contribution is 0.0774. The number of amides is 1. The summed E-state index contributed by atoms with van der Waals surface area (Å²) in [5.41, 5.74) is 1.18. The Kier molecular flexibility index (Phi) is 10.6. The molecule has 2 aliphatic heterocycles. The first-order valence-corrected chi connectivity index (χ1v) is 15.6. The van der Waals surface area contributed by atoms with Crippen molar-refractivity contribution >= 4 is 40.4 Å². The number of hydrogen-bond acceptors (Lipinski definition) is 9. The largest absolute Gasteiger partial charge is 0.493 e. The molecule has 0 N–H and O–H groups in total. The van der Waals surface area contributed by atoms with Crippen LogP contribution in [-0.2, 0) is 0 Å². The van der Waals surface area contributed by atoms with Gasteiger partial charge in [0.1, 0.15) is 17.2 Å². The lowest BCUT2D eigenvalue weighted by Crippen LogP contribution is -2.35. The molecule has 11 heteroatoms. The number of nitrogens with zero attached hydrogens (tertiary/aromatic N) is 2. The van der Waals surface area contributed by atoms with E-state index in [4.69, 9.17) is 33.2 Å². The Labute approximate surface area is 271 Å². The van der Waals surface area contributed by atoms with Gasteiger partial charge in [0.25, 0.3) is 5.91 Å². The Bertz CT molecular complexity index is 1490. The molecule has 1 atom stereocenters. The van der Waals surface area contributed by atoms with Crippen LogP contribution in [0.1, 0.15) is 42.5 Å². The minimum absolute atomic E-state index is 0.00199. The van der Waals surface area contributed by atoms with Gasteiger partial charge in [-0.1, -0.05) is 0 Å². The van der Waals surface area contributed by atoms with Gasteiger partial charge in [-0.15, -0.1) is 0 Å². The van der Waals surface area contributed by atoms with Crippen LogP contribution in [-0.4, -0.2) is 71.3 Å². The summed E-state index contributed by atoms with van der Waals surface area (Å²) in [6, 6.07) is 12.9. The van der Waals surface area contributed by atoms with E-state index in [1.165, 1.54) is 0 Å². The number of aliphatic imine (C=N–C) groups is 1. The summed E-state index contributed by atoms with van der Waals surface area (Å²) < 4.78 is 41.0. The molecule has 0 bridgehead atoms. The number of halogens is 1. The number of carbonyl (C=O) groups excluding carboxylic acids is 1. The Hall–Kier alpha value is -3.87. The lowest BCUT2D eigenvalue weighted by Gasteiger charge is -2.20. The van der Waals surface area contributed by atoms with Crippen molar-refractivity contribution in [3.05, 3.63) is 51.6 Å². The van der Waals surface area contributed by atoms with Gasteiger partial charge in [-0.25, -0.2) is 0 Å². The van der Waals surface area contributed by atoms with E-state index >= 15 is 0 Å². The Balaban J connectivity index is 1.11. The summed E-state index contributed by atoms with van der Waals surface area (Å²) in [6.07, 6.45) is 6.43. The van der Waals surface area contributed by atoms with Crippen molar-refractivity contribution in [3.8, 4) is 46.0 Å². The van der Waals surface area contributed by atoms with Crippen LogP contribution < -0.4 is 33.2 Å². The number of fused-ring (bicyclic) bond motifs is 2. The lowest BCUT2D eigenvalue weighted by atomic mass is 10.1. The van der Waals surface area contributed by atoms with E-state index in [0.29, 0.717) is 64.7 Å². The third-order valence-corrected chi connectivity index (χ3v) is 8.43. The minimum atomic E-state index is -0.00199. The monoisotopic (exact) mass is 716 g/mol. The molecule has 0 unspecified atom stereocenters. The average molecular weight is 717 g/mol. The van der Waals surface area contributed by atoms with E-state index < -0.39 is 0 Å². The zero-order valence-corrected chi connectivity index (χ0v) is 27.5. The van der Waals surface area contributed by atoms with Crippen molar-refractivity contribution in [1.29, 1.82) is 0 Å². The number of unbranched alkanes of at least 4 members (excludes halogenated alkanes) is 2. The van der Waals surface area contributed by atoms with Crippen LogP contribution >= 0.6 is 22.6 Å². The van der Waals surface area contributed by atoms with Crippen LogP contribution in [0.15, 0.2) is 47.5 Å². The number of ether oxygens (including phenoxy) is 7. The second kappa shape index (κ2) is 14.7. The number of methoxy groups -OCH3 is 4. The van der Waals surface area contributed by atoms with E-state index in [0.717, 1.165) is 48.0 Å². The van der Waals surface area contributed by atoms with Gasteiger partial charge < -0.3 is 38.1 Å². The first-order chi connectivity index (χ1) is 21.4. The first kappa shape index (κ1) is 31.6. The van der Waals surface area contributed by atoms with Gasteiger partial charge in [-0.05, 0) is 72.9 Å². The summed E-state index contributed by atoms with van der Waals surface area (Å²) >= 11 is 2.23. The number of benzene rings is 3. The molecule has 234 valence electrons. The smallest absolute Gasteiger partial charge is 0.256 e. The van der Waals surface area contributed by atoms with Crippen molar-refractivity contribution < 1.29 is 38.0 Å². The highest BCUT2D eigenvalue weighted by Gasteiger charge is 2.32. The molecule has 1 amide bonds. The molecule has 44 heavy (non-hydrogen) atoms. The van der Waals surface area contributed by atoms with Crippen molar-refractivity contribution in [3.63, 3.8) is 0 Å². The molecule has 0 spiro atoms. The fraction of sp³-hybridized carbons (Fsp3) is 0.394. The Morgan fingerprint density at radius 3 is 2.20 bits per heavy atom. The number of rotatable bonds is 14. The molecule has 1 saturated heterocycles. The topological polar surface area (TPSA) is 97.3 Å². The molecule has 3 aromatic carbocycles. The van der Waals surface area contributed by atoms with E-state index in [1.54, 1.807) is 46.6 Å². The minimum Gasteiger partial charge on any atom is -0.493 e. The SMILES string of the molecule is COc1cc2c(cc1OCCCCCOc1ccc(I)c(Oc3cc(OC)c(OC)c(OC)c3)c1)N=C[C@@H]1CCCN1C2=O. The van der Waals surface area contributed by atoms with Gasteiger partial charge in [0.2, 0.25) is 5.75 Å². The predicted molar refractivity (Wildman–Crippen MR) is 175 cm³/mol. The van der Waals surface area contributed by atoms with E-state index in [1.807, 2.05) is 35.4 Å². The fourth-order valence-corrected chi connectivity index (χ4v) is 5.71. The second-order valence-corrected chi connectivity index (χ2v) is 11.5. The maximum atomic E-state index is 13.1. The van der Waals surface area contributed by atoms with Crippen LogP contribution in [0.4, 0.5) is 5.69 Å². The molecule has 0 radical (unpaired) electrons. The van der Waals surface area contributed by atoms with E-state index in [-0.39, 0.29) is 11.9 Å². The standard InChI is InChI=1S/C33H37IN2O8/c1-38-28-18-24-26(35-20-21-9-8-12-36(21)33(24)37)19-29(28)43-14-7-5-6-13-42-22-10-11-25(34)27(15-22)44-23-16-30(39-2)32(41-4)31(17-23)40-3/h10-11,15-21H,5-9,12-14H2,1-4H3/t21-/m0/s1. The highest BCUT2D eigenvalue weighted by atomic mass is 127. The Morgan fingerprint density at radius 1 is 0.795 bits per heavy atom. The van der Waals surface area contributed by atoms with Crippen molar-refractivity contribution in [1.82, 2.24) is 4.90 Å². The average Bonchev–Trinajstić information content (AvgIpc) is 3.48. The zero-order chi connectivity index (χ0) is 31.1. The van der Waals surface area contributed by atoms with Crippen LogP contribution in [0.2, 0.25) is 0 Å². The molecule has 1 fully saturated rings. The van der Waals surface area contributed by atoms with Gasteiger partial charge in [0.15, 0.2) is 23.0 Å². The van der Waals surface area contributed by atoms with Gasteiger partial charge in [-0.2, -0.15) is 0 Å². The third kappa shape index (κ3) is 7.09. The van der Waals surface area contributed by atoms with Crippen LogP contribution in [0.5, 0.6) is 46.0 Å². The highest BCUT2D eigenvalue weighted by molar-refractivity contribution is 14.1. The van der Waals surface area contributed by atoms with Crippen LogP contribution in [0, 0.1) is 3.57 Å². The molecule has 0 saturated carbocycles. The third-order valence-electron chi connectivity index (χ3n) is 7.54. The Morgan fingerprint density at radius 2 is 1.50 bits per heavy atom. The quantitative estimate of drug-likeness (QED) is 0.129.